The fraction of sp³-hybridized carbons (Fsp3) is 0.273. The second kappa shape index (κ2) is 7.12. The maximum absolute atomic E-state index is 13.1. The summed E-state index contributed by atoms with van der Waals surface area (Å²) in [5.41, 5.74) is 10.4. The maximum atomic E-state index is 13.1. The Bertz CT molecular complexity index is 1070. The van der Waals surface area contributed by atoms with Crippen LogP contribution in [0, 0.1) is 25.2 Å². The molecule has 1 aliphatic heterocycles. The molecule has 2 N–H and O–H groups in total. The molecule has 1 aromatic heterocycles. The van der Waals surface area contributed by atoms with Gasteiger partial charge in [0.2, 0.25) is 0 Å². The highest BCUT2D eigenvalue weighted by molar-refractivity contribution is 7.12. The van der Waals surface area contributed by atoms with Crippen molar-refractivity contribution in [3.05, 3.63) is 73.3 Å². The first kappa shape index (κ1) is 18.8. The molecule has 4 rings (SSSR count). The lowest BCUT2D eigenvalue weighted by atomic mass is 9.75. The van der Waals surface area contributed by atoms with Crippen LogP contribution < -0.4 is 10.6 Å². The van der Waals surface area contributed by atoms with Gasteiger partial charge >= 0.3 is 0 Å². The van der Waals surface area contributed by atoms with Crippen molar-refractivity contribution in [3.63, 3.8) is 0 Å². The summed E-state index contributed by atoms with van der Waals surface area (Å²) in [5.74, 6) is 0.113. The van der Waals surface area contributed by atoms with E-state index in [9.17, 15) is 10.1 Å². The predicted molar refractivity (Wildman–Crippen MR) is 113 cm³/mol. The monoisotopic (exact) mass is 409 g/mol. The highest BCUT2D eigenvalue weighted by atomic mass is 35.5. The zero-order valence-electron chi connectivity index (χ0n) is 15.8. The first-order chi connectivity index (χ1) is 13.4. The molecule has 6 heteroatoms. The zero-order valence-corrected chi connectivity index (χ0v) is 17.3. The van der Waals surface area contributed by atoms with Gasteiger partial charge in [0.1, 0.15) is 5.82 Å². The molecular formula is C22H20ClN3OS. The van der Waals surface area contributed by atoms with E-state index >= 15 is 0 Å². The van der Waals surface area contributed by atoms with Gasteiger partial charge in [-0.1, -0.05) is 11.6 Å². The van der Waals surface area contributed by atoms with Crippen LogP contribution >= 0.6 is 22.9 Å². The smallest absolute Gasteiger partial charge is 0.161 e. The minimum atomic E-state index is -0.388. The number of carbonyl (C=O) groups excluding carboxylic acids is 1. The molecule has 0 bridgehead atoms. The Morgan fingerprint density at radius 1 is 1.25 bits per heavy atom. The largest absolute Gasteiger partial charge is 0.384 e. The van der Waals surface area contributed by atoms with Crippen LogP contribution in [-0.2, 0) is 4.79 Å². The standard InChI is InChI=1S/C22H20ClN3OS/c1-12-10-16(13(2)28-12)20-17(11-24)22(25)26(15-8-6-14(23)7-9-15)18-4-3-5-19(27)21(18)20/h6-10,20H,3-5,25H2,1-2H3/t20-/m0/s1. The first-order valence-electron chi connectivity index (χ1n) is 9.21. The van der Waals surface area contributed by atoms with E-state index in [1.807, 2.05) is 30.9 Å². The van der Waals surface area contributed by atoms with Crippen LogP contribution in [0.1, 0.15) is 40.5 Å². The summed E-state index contributed by atoms with van der Waals surface area (Å²) < 4.78 is 0. The molecule has 2 heterocycles. The zero-order chi connectivity index (χ0) is 20.0. The number of Topliss-reactive ketones (excluding diaryl/α,β-unsaturated/α-hetero) is 1. The first-order valence-corrected chi connectivity index (χ1v) is 10.4. The van der Waals surface area contributed by atoms with E-state index in [1.54, 1.807) is 23.5 Å². The number of hydrogen-bond acceptors (Lipinski definition) is 5. The summed E-state index contributed by atoms with van der Waals surface area (Å²) >= 11 is 7.73. The van der Waals surface area contributed by atoms with Gasteiger partial charge in [0, 0.05) is 38.2 Å². The number of nitriles is 1. The molecule has 0 radical (unpaired) electrons. The number of hydrogen-bond donors (Lipinski definition) is 1. The van der Waals surface area contributed by atoms with Crippen molar-refractivity contribution in [1.29, 1.82) is 5.26 Å². The Morgan fingerprint density at radius 3 is 2.57 bits per heavy atom. The Kier molecular flexibility index (Phi) is 4.78. The van der Waals surface area contributed by atoms with Gasteiger partial charge in [-0.3, -0.25) is 9.69 Å². The van der Waals surface area contributed by atoms with Crippen LogP contribution in [0.4, 0.5) is 5.69 Å². The topological polar surface area (TPSA) is 70.1 Å². The normalized spacial score (nSPS) is 19.7. The van der Waals surface area contributed by atoms with Gasteiger partial charge < -0.3 is 5.73 Å². The molecule has 0 unspecified atom stereocenters. The molecule has 0 amide bonds. The molecule has 0 saturated heterocycles. The number of aryl methyl sites for hydroxylation is 2. The van der Waals surface area contributed by atoms with Crippen LogP contribution in [0.15, 0.2) is 53.0 Å². The highest BCUT2D eigenvalue weighted by Crippen LogP contribution is 2.48. The Balaban J connectivity index is 1.98. The molecule has 1 aliphatic carbocycles. The number of nitrogens with zero attached hydrogens (tertiary/aromatic N) is 2. The minimum Gasteiger partial charge on any atom is -0.384 e. The average Bonchev–Trinajstić information content (AvgIpc) is 3.00. The summed E-state index contributed by atoms with van der Waals surface area (Å²) in [6.45, 7) is 4.08. The fourth-order valence-corrected chi connectivity index (χ4v) is 5.31. The molecule has 2 aromatic rings. The van der Waals surface area contributed by atoms with E-state index in [1.165, 1.54) is 0 Å². The van der Waals surface area contributed by atoms with E-state index in [-0.39, 0.29) is 11.7 Å². The second-order valence-electron chi connectivity index (χ2n) is 7.16. The van der Waals surface area contributed by atoms with E-state index in [2.05, 4.69) is 12.1 Å². The number of carbonyl (C=O) groups is 1. The minimum absolute atomic E-state index is 0.105. The molecule has 1 atom stereocenters. The molecule has 4 nitrogen and oxygen atoms in total. The number of rotatable bonds is 2. The molecule has 1 aromatic carbocycles. The molecule has 0 fully saturated rings. The summed E-state index contributed by atoms with van der Waals surface area (Å²) in [6.07, 6.45) is 2.04. The van der Waals surface area contributed by atoms with Gasteiger partial charge in [-0.2, -0.15) is 5.26 Å². The second-order valence-corrected chi connectivity index (χ2v) is 9.06. The third-order valence-electron chi connectivity index (χ3n) is 5.39. The number of anilines is 1. The lowest BCUT2D eigenvalue weighted by Gasteiger charge is -2.39. The summed E-state index contributed by atoms with van der Waals surface area (Å²) in [4.78, 5) is 17.2. The summed E-state index contributed by atoms with van der Waals surface area (Å²) in [6, 6.07) is 11.7. The van der Waals surface area contributed by atoms with Gasteiger partial charge in [-0.05, 0) is 62.6 Å². The quantitative estimate of drug-likeness (QED) is 0.728. The van der Waals surface area contributed by atoms with Crippen molar-refractivity contribution in [2.24, 2.45) is 5.73 Å². The molecule has 2 aliphatic rings. The average molecular weight is 410 g/mol. The summed E-state index contributed by atoms with van der Waals surface area (Å²) in [5, 5.41) is 10.6. The number of ketones is 1. The van der Waals surface area contributed by atoms with Gasteiger partial charge in [0.15, 0.2) is 5.78 Å². The van der Waals surface area contributed by atoms with E-state index < -0.39 is 0 Å². The molecular weight excluding hydrogens is 390 g/mol. The van der Waals surface area contributed by atoms with Crippen molar-refractivity contribution >= 4 is 34.4 Å². The van der Waals surface area contributed by atoms with Gasteiger partial charge in [-0.25, -0.2) is 0 Å². The Hall–Kier alpha value is -2.55. The van der Waals surface area contributed by atoms with Crippen LogP contribution in [0.25, 0.3) is 0 Å². The molecule has 0 spiro atoms. The Labute approximate surface area is 173 Å². The number of nitrogens with two attached hydrogens (primary N) is 1. The van der Waals surface area contributed by atoms with Crippen LogP contribution in [0.5, 0.6) is 0 Å². The lowest BCUT2D eigenvalue weighted by Crippen LogP contribution is -2.38. The number of halogens is 1. The maximum Gasteiger partial charge on any atom is 0.161 e. The lowest BCUT2D eigenvalue weighted by molar-refractivity contribution is -0.116. The third kappa shape index (κ3) is 2.94. The fourth-order valence-electron chi connectivity index (χ4n) is 4.22. The number of thiophene rings is 1. The van der Waals surface area contributed by atoms with E-state index in [4.69, 9.17) is 17.3 Å². The van der Waals surface area contributed by atoms with Crippen LogP contribution in [0.2, 0.25) is 5.02 Å². The number of benzene rings is 1. The molecule has 142 valence electrons. The van der Waals surface area contributed by atoms with Crippen molar-refractivity contribution in [2.75, 3.05) is 4.90 Å². The van der Waals surface area contributed by atoms with Crippen molar-refractivity contribution in [1.82, 2.24) is 0 Å². The Morgan fingerprint density at radius 2 is 1.96 bits per heavy atom. The van der Waals surface area contributed by atoms with Crippen molar-refractivity contribution < 1.29 is 4.79 Å². The van der Waals surface area contributed by atoms with Gasteiger partial charge in [0.05, 0.1) is 17.6 Å². The van der Waals surface area contributed by atoms with Gasteiger partial charge in [0.25, 0.3) is 0 Å². The third-order valence-corrected chi connectivity index (χ3v) is 6.62. The predicted octanol–water partition coefficient (Wildman–Crippen LogP) is 5.32. The van der Waals surface area contributed by atoms with Crippen LogP contribution in [0.3, 0.4) is 0 Å². The van der Waals surface area contributed by atoms with Crippen molar-refractivity contribution in [2.45, 2.75) is 39.0 Å². The highest BCUT2D eigenvalue weighted by Gasteiger charge is 2.41. The van der Waals surface area contributed by atoms with Crippen LogP contribution in [-0.4, -0.2) is 5.78 Å². The molecule has 0 saturated carbocycles. The number of allylic oxidation sites excluding steroid dienone is 3. The van der Waals surface area contributed by atoms with E-state index in [0.29, 0.717) is 28.4 Å². The summed E-state index contributed by atoms with van der Waals surface area (Å²) in [7, 11) is 0. The van der Waals surface area contributed by atoms with E-state index in [0.717, 1.165) is 39.5 Å². The molecule has 28 heavy (non-hydrogen) atoms. The van der Waals surface area contributed by atoms with Gasteiger partial charge in [-0.15, -0.1) is 11.3 Å². The van der Waals surface area contributed by atoms with Crippen molar-refractivity contribution in [3.8, 4) is 6.07 Å². The SMILES string of the molecule is Cc1cc([C@H]2C(C#N)=C(N)N(c3ccc(Cl)cc3)C3=C2C(=O)CCC3)c(C)s1.